The summed E-state index contributed by atoms with van der Waals surface area (Å²) in [6.07, 6.45) is -2.61. The van der Waals surface area contributed by atoms with Gasteiger partial charge in [0.1, 0.15) is 0 Å². The number of hydrogen-bond donors (Lipinski definition) is 1. The van der Waals surface area contributed by atoms with E-state index in [1.54, 1.807) is 16.8 Å². The van der Waals surface area contributed by atoms with Crippen LogP contribution in [0.25, 0.3) is 5.69 Å². The summed E-state index contributed by atoms with van der Waals surface area (Å²) in [5.74, 6) is -0.359. The van der Waals surface area contributed by atoms with Crippen LogP contribution in [0.4, 0.5) is 13.2 Å². The van der Waals surface area contributed by atoms with Crippen molar-refractivity contribution in [1.82, 2.24) is 19.8 Å². The molecule has 2 aromatic heterocycles. The molecule has 1 aliphatic heterocycles. The number of nitrogens with zero attached hydrogens (tertiary/aromatic N) is 3. The van der Waals surface area contributed by atoms with Crippen molar-refractivity contribution in [2.24, 2.45) is 0 Å². The number of methoxy groups -OCH3 is 1. The van der Waals surface area contributed by atoms with Gasteiger partial charge in [-0.05, 0) is 68.0 Å². The Bertz CT molecular complexity index is 1240. The number of esters is 1. The Kier molecular flexibility index (Phi) is 6.84. The molecule has 3 heterocycles. The molecule has 3 aromatic rings. The number of benzene rings is 1. The number of ether oxygens (including phenoxy) is 1. The van der Waals surface area contributed by atoms with Gasteiger partial charge in [-0.15, -0.1) is 0 Å². The molecule has 0 spiro atoms. The van der Waals surface area contributed by atoms with E-state index in [9.17, 15) is 18.0 Å². The van der Waals surface area contributed by atoms with E-state index in [0.717, 1.165) is 34.8 Å². The van der Waals surface area contributed by atoms with E-state index >= 15 is 0 Å². The second kappa shape index (κ2) is 9.69. The topological polar surface area (TPSA) is 59.4 Å². The van der Waals surface area contributed by atoms with Gasteiger partial charge in [-0.1, -0.05) is 12.1 Å². The van der Waals surface area contributed by atoms with Crippen molar-refractivity contribution in [1.29, 1.82) is 0 Å². The highest BCUT2D eigenvalue weighted by Crippen LogP contribution is 2.41. The van der Waals surface area contributed by atoms with Gasteiger partial charge in [0.2, 0.25) is 0 Å². The number of carbonyl (C=O) groups excluding carboxylic acids is 1. The van der Waals surface area contributed by atoms with Crippen molar-refractivity contribution in [3.63, 3.8) is 0 Å². The van der Waals surface area contributed by atoms with Gasteiger partial charge in [0, 0.05) is 29.8 Å². The lowest BCUT2D eigenvalue weighted by molar-refractivity contribution is -0.141. The second-order valence-electron chi connectivity index (χ2n) is 8.36. The summed E-state index contributed by atoms with van der Waals surface area (Å²) >= 11 is 5.62. The molecular weight excluding hydrogens is 477 g/mol. The van der Waals surface area contributed by atoms with Crippen molar-refractivity contribution in [3.05, 3.63) is 82.9 Å². The van der Waals surface area contributed by atoms with Gasteiger partial charge in [-0.3, -0.25) is 9.78 Å². The first-order valence-electron chi connectivity index (χ1n) is 11.0. The van der Waals surface area contributed by atoms with Gasteiger partial charge in [0.15, 0.2) is 5.11 Å². The van der Waals surface area contributed by atoms with Crippen molar-refractivity contribution < 1.29 is 22.7 Å². The minimum absolute atomic E-state index is 0.135. The normalized spacial score (nSPS) is 18.0. The van der Waals surface area contributed by atoms with Crippen LogP contribution in [0.5, 0.6) is 0 Å². The Balaban J connectivity index is 1.80. The third-order valence-corrected chi connectivity index (χ3v) is 6.56. The highest BCUT2D eigenvalue weighted by molar-refractivity contribution is 7.80. The van der Waals surface area contributed by atoms with Crippen molar-refractivity contribution in [3.8, 4) is 5.69 Å². The quantitative estimate of drug-likeness (QED) is 0.376. The largest absolute Gasteiger partial charge is 0.469 e. The molecule has 1 aromatic carbocycles. The molecule has 0 aliphatic carbocycles. The molecule has 10 heteroatoms. The van der Waals surface area contributed by atoms with Crippen LogP contribution in [0, 0.1) is 13.8 Å². The number of thiocarbonyl (C=S) groups is 1. The number of hydrogen-bond acceptors (Lipinski definition) is 4. The van der Waals surface area contributed by atoms with Gasteiger partial charge in [-0.2, -0.15) is 13.2 Å². The molecule has 1 saturated heterocycles. The van der Waals surface area contributed by atoms with Gasteiger partial charge in [0.05, 0.1) is 36.9 Å². The monoisotopic (exact) mass is 502 g/mol. The number of alkyl halides is 3. The van der Waals surface area contributed by atoms with Crippen LogP contribution in [0.15, 0.2) is 54.7 Å². The van der Waals surface area contributed by atoms with E-state index in [1.165, 1.54) is 13.2 Å². The number of aryl methyl sites for hydroxylation is 1. The molecule has 1 N–H and O–H groups in total. The van der Waals surface area contributed by atoms with E-state index in [4.69, 9.17) is 17.0 Å². The number of pyridine rings is 1. The molecule has 0 saturated carbocycles. The molecule has 1 fully saturated rings. The summed E-state index contributed by atoms with van der Waals surface area (Å²) in [6.45, 7) is 4.05. The Hall–Kier alpha value is -3.40. The number of nitrogens with one attached hydrogen (secondary N) is 1. The van der Waals surface area contributed by atoms with E-state index < -0.39 is 11.7 Å². The summed E-state index contributed by atoms with van der Waals surface area (Å²) in [7, 11) is 1.33. The lowest BCUT2D eigenvalue weighted by atomic mass is 9.96. The Morgan fingerprint density at radius 3 is 2.60 bits per heavy atom. The maximum Gasteiger partial charge on any atom is 0.416 e. The number of halogens is 3. The minimum atomic E-state index is -4.44. The number of carbonyl (C=O) groups is 1. The third-order valence-electron chi connectivity index (χ3n) is 6.20. The smallest absolute Gasteiger partial charge is 0.416 e. The highest BCUT2D eigenvalue weighted by Gasteiger charge is 2.41. The minimum Gasteiger partial charge on any atom is -0.469 e. The zero-order valence-corrected chi connectivity index (χ0v) is 20.3. The fraction of sp³-hybridized carbons (Fsp3) is 0.320. The van der Waals surface area contributed by atoms with Crippen LogP contribution in [0.2, 0.25) is 0 Å². The first kappa shape index (κ1) is 24.7. The van der Waals surface area contributed by atoms with Gasteiger partial charge in [0.25, 0.3) is 0 Å². The molecule has 2 unspecified atom stereocenters. The zero-order chi connectivity index (χ0) is 25.3. The van der Waals surface area contributed by atoms with Crippen LogP contribution >= 0.6 is 12.2 Å². The van der Waals surface area contributed by atoms with Gasteiger partial charge < -0.3 is 19.5 Å². The summed E-state index contributed by atoms with van der Waals surface area (Å²) in [6, 6.07) is 12.2. The lowest BCUT2D eigenvalue weighted by Gasteiger charge is -2.28. The first-order chi connectivity index (χ1) is 16.6. The van der Waals surface area contributed by atoms with Crippen molar-refractivity contribution in [2.45, 2.75) is 38.5 Å². The first-order valence-corrected chi connectivity index (χ1v) is 11.4. The average Bonchev–Trinajstić information content (AvgIpc) is 3.32. The van der Waals surface area contributed by atoms with Gasteiger partial charge in [-0.25, -0.2) is 0 Å². The zero-order valence-electron chi connectivity index (χ0n) is 19.5. The van der Waals surface area contributed by atoms with Gasteiger partial charge >= 0.3 is 12.1 Å². The van der Waals surface area contributed by atoms with Crippen LogP contribution < -0.4 is 5.32 Å². The van der Waals surface area contributed by atoms with Crippen LogP contribution in [-0.4, -0.2) is 39.2 Å². The molecule has 1 aliphatic rings. The molecular formula is C25H25F3N4O2S. The number of rotatable bonds is 6. The summed E-state index contributed by atoms with van der Waals surface area (Å²) in [5, 5.41) is 3.79. The van der Waals surface area contributed by atoms with E-state index in [1.807, 2.05) is 43.0 Å². The molecule has 0 radical (unpaired) electrons. The fourth-order valence-electron chi connectivity index (χ4n) is 4.60. The molecule has 35 heavy (non-hydrogen) atoms. The summed E-state index contributed by atoms with van der Waals surface area (Å²) < 4.78 is 46.7. The lowest BCUT2D eigenvalue weighted by Crippen LogP contribution is -2.32. The Morgan fingerprint density at radius 2 is 1.94 bits per heavy atom. The maximum absolute atomic E-state index is 13.4. The van der Waals surface area contributed by atoms with Crippen LogP contribution in [0.3, 0.4) is 0 Å². The average molecular weight is 503 g/mol. The second-order valence-corrected chi connectivity index (χ2v) is 8.74. The molecule has 0 amide bonds. The SMILES string of the molecule is COC(=O)CCN1C(=S)NC(c2ccccn2)C1c1cc(C)n(-c2cccc(C(F)(F)F)c2)c1C. The van der Waals surface area contributed by atoms with Crippen molar-refractivity contribution >= 4 is 23.3 Å². The Morgan fingerprint density at radius 1 is 1.17 bits per heavy atom. The molecule has 6 nitrogen and oxygen atoms in total. The van der Waals surface area contributed by atoms with Crippen molar-refractivity contribution in [2.75, 3.05) is 13.7 Å². The highest BCUT2D eigenvalue weighted by atomic mass is 32.1. The Labute approximate surface area is 206 Å². The van der Waals surface area contributed by atoms with E-state index in [-0.39, 0.29) is 24.5 Å². The molecule has 4 rings (SSSR count). The molecule has 184 valence electrons. The third kappa shape index (κ3) is 4.88. The van der Waals surface area contributed by atoms with Crippen LogP contribution in [-0.2, 0) is 15.7 Å². The fourth-order valence-corrected chi connectivity index (χ4v) is 4.94. The van der Waals surface area contributed by atoms with E-state index in [0.29, 0.717) is 17.3 Å². The molecule has 2 atom stereocenters. The standard InChI is InChI=1S/C25H25F3N4O2S/c1-15-13-19(16(2)32(15)18-8-6-7-17(14-18)25(26,27)28)23-22(20-9-4-5-11-29-20)30-24(35)31(23)12-10-21(33)34-3/h4-9,11,13-14,22-23H,10,12H2,1-3H3,(H,30,35). The van der Waals surface area contributed by atoms with Crippen LogP contribution in [0.1, 0.15) is 46.7 Å². The maximum atomic E-state index is 13.4. The predicted molar refractivity (Wildman–Crippen MR) is 129 cm³/mol. The van der Waals surface area contributed by atoms with E-state index in [2.05, 4.69) is 10.3 Å². The number of aromatic nitrogens is 2. The summed E-state index contributed by atoms with van der Waals surface area (Å²) in [5.41, 5.74) is 2.92. The summed E-state index contributed by atoms with van der Waals surface area (Å²) in [4.78, 5) is 18.3. The predicted octanol–water partition coefficient (Wildman–Crippen LogP) is 5.04. The molecule has 0 bridgehead atoms.